The number of nitro benzene ring substituents is 1. The molecular weight excluding hydrogens is 242 g/mol. The molecule has 1 aromatic carbocycles. The fourth-order valence-corrected chi connectivity index (χ4v) is 1.99. The molecule has 1 aliphatic heterocycles. The quantitative estimate of drug-likeness (QED) is 0.657. The van der Waals surface area contributed by atoms with Crippen LogP contribution in [0.3, 0.4) is 0 Å². The second-order valence-electron chi connectivity index (χ2n) is 4.27. The molecule has 0 unspecified atom stereocenters. The summed E-state index contributed by atoms with van der Waals surface area (Å²) in [5.41, 5.74) is 0.889. The first-order valence-electron chi connectivity index (χ1n) is 5.41. The summed E-state index contributed by atoms with van der Waals surface area (Å²) in [6, 6.07) is 5.48. The third kappa shape index (κ3) is 2.74. The third-order valence-corrected chi connectivity index (χ3v) is 3.34. The Morgan fingerprint density at radius 2 is 2.29 bits per heavy atom. The van der Waals surface area contributed by atoms with Gasteiger partial charge in [0.05, 0.1) is 4.92 Å². The highest BCUT2D eigenvalue weighted by atomic mass is 35.5. The van der Waals surface area contributed by atoms with Gasteiger partial charge in [-0.3, -0.25) is 15.0 Å². The molecule has 5 nitrogen and oxygen atoms in total. The molecule has 0 spiro atoms. The summed E-state index contributed by atoms with van der Waals surface area (Å²) in [7, 11) is 2.02. The fraction of sp³-hybridized carbons (Fsp3) is 0.455. The molecule has 17 heavy (non-hydrogen) atoms. The molecule has 1 aliphatic rings. The lowest BCUT2D eigenvalue weighted by Crippen LogP contribution is -2.55. The van der Waals surface area contributed by atoms with Gasteiger partial charge in [-0.15, -0.1) is 0 Å². The van der Waals surface area contributed by atoms with Crippen molar-refractivity contribution in [2.75, 3.05) is 20.1 Å². The second-order valence-corrected chi connectivity index (χ2v) is 4.68. The lowest BCUT2D eigenvalue weighted by atomic mass is 10.1. The number of hydrogen-bond acceptors (Lipinski definition) is 4. The molecule has 1 aromatic rings. The van der Waals surface area contributed by atoms with E-state index in [0.29, 0.717) is 12.6 Å². The van der Waals surface area contributed by atoms with Gasteiger partial charge in [0.1, 0.15) is 5.02 Å². The molecule has 1 N–H and O–H groups in total. The van der Waals surface area contributed by atoms with Crippen LogP contribution in [0.15, 0.2) is 18.2 Å². The van der Waals surface area contributed by atoms with Crippen LogP contribution in [-0.2, 0) is 6.54 Å². The maximum atomic E-state index is 10.8. The van der Waals surface area contributed by atoms with Gasteiger partial charge < -0.3 is 5.32 Å². The van der Waals surface area contributed by atoms with E-state index >= 15 is 0 Å². The van der Waals surface area contributed by atoms with Crippen molar-refractivity contribution >= 4 is 17.3 Å². The zero-order chi connectivity index (χ0) is 12.4. The number of nitrogens with one attached hydrogen (secondary N) is 1. The van der Waals surface area contributed by atoms with Gasteiger partial charge in [0.25, 0.3) is 5.69 Å². The summed E-state index contributed by atoms with van der Waals surface area (Å²) in [5, 5.41) is 14.1. The molecule has 2 rings (SSSR count). The molecule has 0 radical (unpaired) electrons. The number of nitrogens with zero attached hydrogens (tertiary/aromatic N) is 2. The van der Waals surface area contributed by atoms with Crippen LogP contribution in [-0.4, -0.2) is 36.0 Å². The van der Waals surface area contributed by atoms with Crippen molar-refractivity contribution < 1.29 is 4.92 Å². The molecule has 92 valence electrons. The largest absolute Gasteiger partial charge is 0.314 e. The second kappa shape index (κ2) is 5.00. The highest BCUT2D eigenvalue weighted by Crippen LogP contribution is 2.25. The lowest BCUT2D eigenvalue weighted by Gasteiger charge is -2.35. The van der Waals surface area contributed by atoms with Crippen molar-refractivity contribution in [1.82, 2.24) is 10.2 Å². The van der Waals surface area contributed by atoms with Crippen LogP contribution in [0.4, 0.5) is 5.69 Å². The summed E-state index contributed by atoms with van der Waals surface area (Å²) in [5.74, 6) is 0. The van der Waals surface area contributed by atoms with E-state index in [2.05, 4.69) is 10.2 Å². The highest BCUT2D eigenvalue weighted by Gasteiger charge is 2.22. The smallest absolute Gasteiger partial charge is 0.288 e. The minimum atomic E-state index is -0.448. The Labute approximate surface area is 105 Å². The number of halogens is 1. The average Bonchev–Trinajstić information content (AvgIpc) is 2.17. The summed E-state index contributed by atoms with van der Waals surface area (Å²) < 4.78 is 0. The third-order valence-electron chi connectivity index (χ3n) is 3.02. The van der Waals surface area contributed by atoms with Crippen LogP contribution in [0.25, 0.3) is 0 Å². The normalized spacial score (nSPS) is 15.9. The van der Waals surface area contributed by atoms with Crippen molar-refractivity contribution in [3.8, 4) is 0 Å². The average molecular weight is 256 g/mol. The van der Waals surface area contributed by atoms with Gasteiger partial charge >= 0.3 is 0 Å². The van der Waals surface area contributed by atoms with Crippen molar-refractivity contribution in [1.29, 1.82) is 0 Å². The minimum absolute atomic E-state index is 0.0238. The summed E-state index contributed by atoms with van der Waals surface area (Å²) in [6.45, 7) is 2.66. The molecular formula is C11H14ClN3O2. The van der Waals surface area contributed by atoms with E-state index in [4.69, 9.17) is 11.6 Å². The van der Waals surface area contributed by atoms with Crippen molar-refractivity contribution in [3.63, 3.8) is 0 Å². The Hall–Kier alpha value is -1.17. The van der Waals surface area contributed by atoms with Crippen molar-refractivity contribution in [2.45, 2.75) is 12.6 Å². The topological polar surface area (TPSA) is 58.4 Å². The van der Waals surface area contributed by atoms with Crippen molar-refractivity contribution in [3.05, 3.63) is 38.9 Å². The minimum Gasteiger partial charge on any atom is -0.314 e. The standard InChI is InChI=1S/C11H14ClN3O2/c1-14(9-5-13-6-9)7-8-2-3-10(12)11(4-8)15(16)17/h2-4,9,13H,5-7H2,1H3. The van der Waals surface area contributed by atoms with E-state index in [9.17, 15) is 10.1 Å². The number of benzene rings is 1. The number of nitro groups is 1. The van der Waals surface area contributed by atoms with Crippen LogP contribution in [0.1, 0.15) is 5.56 Å². The molecule has 0 atom stereocenters. The van der Waals surface area contributed by atoms with Crippen molar-refractivity contribution in [2.24, 2.45) is 0 Å². The van der Waals surface area contributed by atoms with Crippen LogP contribution in [0, 0.1) is 10.1 Å². The molecule has 1 heterocycles. The van der Waals surface area contributed by atoms with Gasteiger partial charge in [0.15, 0.2) is 0 Å². The predicted octanol–water partition coefficient (Wildman–Crippen LogP) is 1.65. The first-order chi connectivity index (χ1) is 8.08. The maximum Gasteiger partial charge on any atom is 0.288 e. The maximum absolute atomic E-state index is 10.8. The van der Waals surface area contributed by atoms with E-state index in [0.717, 1.165) is 18.7 Å². The first-order valence-corrected chi connectivity index (χ1v) is 5.79. The Balaban J connectivity index is 2.10. The van der Waals surface area contributed by atoms with Gasteiger partial charge in [0, 0.05) is 31.7 Å². The molecule has 0 saturated carbocycles. The van der Waals surface area contributed by atoms with Crippen LogP contribution in [0.5, 0.6) is 0 Å². The van der Waals surface area contributed by atoms with E-state index in [1.54, 1.807) is 12.1 Å². The highest BCUT2D eigenvalue weighted by molar-refractivity contribution is 6.32. The van der Waals surface area contributed by atoms with Crippen LogP contribution >= 0.6 is 11.6 Å². The molecule has 0 aliphatic carbocycles. The Kier molecular flexibility index (Phi) is 3.61. The molecule has 1 fully saturated rings. The van der Waals surface area contributed by atoms with E-state index in [1.807, 2.05) is 13.1 Å². The Morgan fingerprint density at radius 1 is 1.59 bits per heavy atom. The molecule has 0 amide bonds. The Bertz CT molecular complexity index is 435. The number of rotatable bonds is 4. The zero-order valence-electron chi connectivity index (χ0n) is 9.52. The molecule has 0 bridgehead atoms. The van der Waals surface area contributed by atoms with E-state index < -0.39 is 4.92 Å². The van der Waals surface area contributed by atoms with Gasteiger partial charge in [-0.05, 0) is 18.7 Å². The lowest BCUT2D eigenvalue weighted by molar-refractivity contribution is -0.384. The number of likely N-dealkylation sites (N-methyl/N-ethyl adjacent to an activating group) is 1. The summed E-state index contributed by atoms with van der Waals surface area (Å²) in [4.78, 5) is 12.5. The van der Waals surface area contributed by atoms with Gasteiger partial charge in [0.2, 0.25) is 0 Å². The summed E-state index contributed by atoms with van der Waals surface area (Å²) in [6.07, 6.45) is 0. The van der Waals surface area contributed by atoms with Gasteiger partial charge in [-0.2, -0.15) is 0 Å². The Morgan fingerprint density at radius 3 is 2.82 bits per heavy atom. The van der Waals surface area contributed by atoms with Crippen LogP contribution in [0.2, 0.25) is 5.02 Å². The zero-order valence-corrected chi connectivity index (χ0v) is 10.3. The molecule has 0 aromatic heterocycles. The van der Waals surface area contributed by atoms with Gasteiger partial charge in [-0.1, -0.05) is 17.7 Å². The van der Waals surface area contributed by atoms with E-state index in [-0.39, 0.29) is 10.7 Å². The number of hydrogen-bond donors (Lipinski definition) is 1. The fourth-order valence-electron chi connectivity index (χ4n) is 1.80. The molecule has 1 saturated heterocycles. The van der Waals surface area contributed by atoms with E-state index in [1.165, 1.54) is 0 Å². The monoisotopic (exact) mass is 255 g/mol. The first kappa shape index (κ1) is 12.3. The predicted molar refractivity (Wildman–Crippen MR) is 66.2 cm³/mol. The molecule has 6 heteroatoms. The summed E-state index contributed by atoms with van der Waals surface area (Å²) >= 11 is 5.76. The van der Waals surface area contributed by atoms with Gasteiger partial charge in [-0.25, -0.2) is 0 Å². The SMILES string of the molecule is CN(Cc1ccc(Cl)c([N+](=O)[O-])c1)C1CNC1. The van der Waals surface area contributed by atoms with Crippen LogP contribution < -0.4 is 5.32 Å².